The van der Waals surface area contributed by atoms with Crippen LogP contribution in [0.2, 0.25) is 0 Å². The SMILES string of the molecule is CCP(=O)(O)CC.[NaH]. The second-order valence-electron chi connectivity index (χ2n) is 1.48. The van der Waals surface area contributed by atoms with Gasteiger partial charge in [-0.2, -0.15) is 0 Å². The summed E-state index contributed by atoms with van der Waals surface area (Å²) in [6, 6.07) is 0. The van der Waals surface area contributed by atoms with E-state index in [0.29, 0.717) is 12.3 Å². The van der Waals surface area contributed by atoms with Crippen LogP contribution in [0.3, 0.4) is 0 Å². The molecular weight excluding hydrogens is 134 g/mol. The molecule has 0 heterocycles. The van der Waals surface area contributed by atoms with E-state index in [1.54, 1.807) is 13.8 Å². The van der Waals surface area contributed by atoms with Gasteiger partial charge >= 0.3 is 29.6 Å². The third-order valence-electron chi connectivity index (χ3n) is 0.988. The molecule has 0 aliphatic carbocycles. The van der Waals surface area contributed by atoms with Gasteiger partial charge in [0.15, 0.2) is 7.37 Å². The minimum atomic E-state index is -2.65. The Hall–Kier alpha value is 1.19. The molecule has 0 bridgehead atoms. The third kappa shape index (κ3) is 5.33. The van der Waals surface area contributed by atoms with Crippen LogP contribution in [0.15, 0.2) is 0 Å². The molecule has 0 aliphatic heterocycles. The van der Waals surface area contributed by atoms with Crippen LogP contribution in [0.1, 0.15) is 13.8 Å². The van der Waals surface area contributed by atoms with Gasteiger partial charge in [0.2, 0.25) is 0 Å². The first kappa shape index (κ1) is 11.9. The fourth-order valence-electron chi connectivity index (χ4n) is 0.224. The van der Waals surface area contributed by atoms with Crippen molar-refractivity contribution in [1.82, 2.24) is 0 Å². The molecule has 0 atom stereocenters. The second-order valence-corrected chi connectivity index (χ2v) is 4.44. The van der Waals surface area contributed by atoms with E-state index in [0.717, 1.165) is 0 Å². The second kappa shape index (κ2) is 5.01. The summed E-state index contributed by atoms with van der Waals surface area (Å²) < 4.78 is 10.5. The van der Waals surface area contributed by atoms with Gasteiger partial charge in [0.1, 0.15) is 0 Å². The van der Waals surface area contributed by atoms with Crippen LogP contribution in [0.25, 0.3) is 0 Å². The fourth-order valence-corrected chi connectivity index (χ4v) is 0.671. The van der Waals surface area contributed by atoms with Crippen molar-refractivity contribution in [2.24, 2.45) is 0 Å². The Balaban J connectivity index is 0. The molecule has 0 aliphatic rings. The van der Waals surface area contributed by atoms with Crippen LogP contribution < -0.4 is 0 Å². The molecule has 0 radical (unpaired) electrons. The van der Waals surface area contributed by atoms with Gasteiger partial charge in [-0.3, -0.25) is 4.57 Å². The normalized spacial score (nSPS) is 10.4. The molecule has 4 heteroatoms. The summed E-state index contributed by atoms with van der Waals surface area (Å²) in [6.45, 7) is 3.45. The minimum absolute atomic E-state index is 0. The molecular formula is C4H12NaO2P. The summed E-state index contributed by atoms with van der Waals surface area (Å²) in [5, 5.41) is 0. The van der Waals surface area contributed by atoms with Gasteiger partial charge in [-0.05, 0) is 0 Å². The van der Waals surface area contributed by atoms with Crippen LogP contribution in [0.5, 0.6) is 0 Å². The molecule has 0 unspecified atom stereocenters. The first-order valence-corrected chi connectivity index (χ1v) is 4.46. The maximum absolute atomic E-state index is 10.5. The van der Waals surface area contributed by atoms with E-state index in [1.807, 2.05) is 0 Å². The zero-order valence-electron chi connectivity index (χ0n) is 4.72. The Bertz CT molecular complexity index is 86.0. The monoisotopic (exact) mass is 146 g/mol. The van der Waals surface area contributed by atoms with E-state index in [1.165, 1.54) is 0 Å². The Kier molecular flexibility index (Phi) is 7.47. The van der Waals surface area contributed by atoms with Gasteiger partial charge in [-0.1, -0.05) is 13.8 Å². The number of hydrogen-bond acceptors (Lipinski definition) is 1. The molecule has 0 saturated heterocycles. The Morgan fingerprint density at radius 3 is 1.62 bits per heavy atom. The molecule has 46 valence electrons. The summed E-state index contributed by atoms with van der Waals surface area (Å²) in [5.74, 6) is 0. The van der Waals surface area contributed by atoms with Crippen molar-refractivity contribution in [1.29, 1.82) is 0 Å². The standard InChI is InChI=1S/C4H11O2P.Na.H/c1-3-7(5,6)4-2;;/h3-4H2,1-2H3,(H,5,6);;. The van der Waals surface area contributed by atoms with Gasteiger partial charge in [0.25, 0.3) is 0 Å². The number of rotatable bonds is 2. The molecule has 0 aromatic carbocycles. The predicted octanol–water partition coefficient (Wildman–Crippen LogP) is 0.648. The molecule has 8 heavy (non-hydrogen) atoms. The van der Waals surface area contributed by atoms with Crippen LogP contribution in [0, 0.1) is 0 Å². The van der Waals surface area contributed by atoms with Crippen molar-refractivity contribution in [3.05, 3.63) is 0 Å². The van der Waals surface area contributed by atoms with E-state index >= 15 is 0 Å². The van der Waals surface area contributed by atoms with Crippen LogP contribution in [0.4, 0.5) is 0 Å². The third-order valence-corrected chi connectivity index (χ3v) is 2.96. The summed E-state index contributed by atoms with van der Waals surface area (Å²) in [4.78, 5) is 8.69. The Morgan fingerprint density at radius 1 is 1.38 bits per heavy atom. The Labute approximate surface area is 72.4 Å². The zero-order valence-corrected chi connectivity index (χ0v) is 5.61. The molecule has 0 aromatic heterocycles. The maximum atomic E-state index is 10.5. The van der Waals surface area contributed by atoms with Gasteiger partial charge < -0.3 is 4.89 Å². The summed E-state index contributed by atoms with van der Waals surface area (Å²) >= 11 is 0. The van der Waals surface area contributed by atoms with Gasteiger partial charge in [-0.25, -0.2) is 0 Å². The van der Waals surface area contributed by atoms with Crippen molar-refractivity contribution in [3.63, 3.8) is 0 Å². The zero-order chi connectivity index (χ0) is 5.91. The van der Waals surface area contributed by atoms with E-state index in [2.05, 4.69) is 0 Å². The van der Waals surface area contributed by atoms with Gasteiger partial charge in [0, 0.05) is 12.3 Å². The van der Waals surface area contributed by atoms with Crippen molar-refractivity contribution in [2.45, 2.75) is 13.8 Å². The summed E-state index contributed by atoms with van der Waals surface area (Å²) in [6.07, 6.45) is 0.812. The first-order chi connectivity index (χ1) is 3.12. The first-order valence-electron chi connectivity index (χ1n) is 2.43. The van der Waals surface area contributed by atoms with E-state index < -0.39 is 7.37 Å². The van der Waals surface area contributed by atoms with Crippen molar-refractivity contribution >= 4 is 36.9 Å². The molecule has 0 spiro atoms. The predicted molar refractivity (Wildman–Crippen MR) is 38.1 cm³/mol. The molecule has 0 fully saturated rings. The average molecular weight is 146 g/mol. The topological polar surface area (TPSA) is 37.3 Å². The van der Waals surface area contributed by atoms with E-state index in [-0.39, 0.29) is 29.6 Å². The fraction of sp³-hybridized carbons (Fsp3) is 1.00. The molecule has 2 nitrogen and oxygen atoms in total. The van der Waals surface area contributed by atoms with Crippen LogP contribution in [-0.2, 0) is 4.57 Å². The molecule has 0 aromatic rings. The van der Waals surface area contributed by atoms with Gasteiger partial charge in [0.05, 0.1) is 0 Å². The van der Waals surface area contributed by atoms with Crippen molar-refractivity contribution < 1.29 is 9.46 Å². The average Bonchev–Trinajstić information content (AvgIpc) is 1.68. The number of hydrogen-bond donors (Lipinski definition) is 1. The quantitative estimate of drug-likeness (QED) is 0.458. The molecule has 0 saturated carbocycles. The molecule has 0 amide bonds. The van der Waals surface area contributed by atoms with Crippen molar-refractivity contribution in [2.75, 3.05) is 12.3 Å². The van der Waals surface area contributed by atoms with Crippen LogP contribution in [-0.4, -0.2) is 46.8 Å². The van der Waals surface area contributed by atoms with E-state index in [9.17, 15) is 4.57 Å². The summed E-state index contributed by atoms with van der Waals surface area (Å²) in [5.41, 5.74) is 0. The Morgan fingerprint density at radius 2 is 1.62 bits per heavy atom. The van der Waals surface area contributed by atoms with Crippen LogP contribution >= 0.6 is 7.37 Å². The molecule has 0 rings (SSSR count). The summed E-state index contributed by atoms with van der Waals surface area (Å²) in [7, 11) is -2.65. The molecule has 1 N–H and O–H groups in total. The van der Waals surface area contributed by atoms with Gasteiger partial charge in [-0.15, -0.1) is 0 Å². The van der Waals surface area contributed by atoms with Crippen molar-refractivity contribution in [3.8, 4) is 0 Å². The van der Waals surface area contributed by atoms with E-state index in [4.69, 9.17) is 4.89 Å².